The van der Waals surface area contributed by atoms with Crippen molar-refractivity contribution in [1.82, 2.24) is 0 Å². The van der Waals surface area contributed by atoms with Gasteiger partial charge in [-0.2, -0.15) is 0 Å². The number of fused-ring (bicyclic) bond motifs is 1. The van der Waals surface area contributed by atoms with Crippen LogP contribution in [0.4, 0.5) is 4.39 Å². The van der Waals surface area contributed by atoms with Gasteiger partial charge in [0, 0.05) is 0 Å². The minimum Gasteiger partial charge on any atom is -0.469 e. The molecule has 3 nitrogen and oxygen atoms in total. The highest BCUT2D eigenvalue weighted by Gasteiger charge is 2.35. The molecule has 1 heterocycles. The summed E-state index contributed by atoms with van der Waals surface area (Å²) in [4.78, 5) is 10.9. The standard InChI is InChI=1S/C7H5FO3/c8-4-1-2-5-7(6(4)9)11-3-10-5/h1-2,7H,3H2. The second kappa shape index (κ2) is 2.17. The molecule has 1 aliphatic heterocycles. The Morgan fingerprint density at radius 1 is 1.55 bits per heavy atom. The molecule has 0 spiro atoms. The molecule has 0 radical (unpaired) electrons. The van der Waals surface area contributed by atoms with E-state index in [1.54, 1.807) is 0 Å². The van der Waals surface area contributed by atoms with Gasteiger partial charge in [-0.3, -0.25) is 4.79 Å². The topological polar surface area (TPSA) is 35.5 Å². The van der Waals surface area contributed by atoms with E-state index in [1.165, 1.54) is 6.08 Å². The summed E-state index contributed by atoms with van der Waals surface area (Å²) in [6.45, 7) is 0.0311. The second-order valence-electron chi connectivity index (χ2n) is 2.26. The van der Waals surface area contributed by atoms with E-state index >= 15 is 0 Å². The summed E-state index contributed by atoms with van der Waals surface area (Å²) in [5.41, 5.74) is 0. The molecule has 0 aromatic heterocycles. The van der Waals surface area contributed by atoms with Crippen LogP contribution in [0, 0.1) is 0 Å². The summed E-state index contributed by atoms with van der Waals surface area (Å²) >= 11 is 0. The fourth-order valence-electron chi connectivity index (χ4n) is 1.03. The Balaban J connectivity index is 2.36. The number of ether oxygens (including phenoxy) is 2. The normalized spacial score (nSPS) is 28.8. The zero-order valence-electron chi connectivity index (χ0n) is 5.54. The number of halogens is 1. The largest absolute Gasteiger partial charge is 0.469 e. The van der Waals surface area contributed by atoms with Crippen molar-refractivity contribution in [2.24, 2.45) is 0 Å². The monoisotopic (exact) mass is 156 g/mol. The van der Waals surface area contributed by atoms with Crippen LogP contribution in [0.25, 0.3) is 0 Å². The summed E-state index contributed by atoms with van der Waals surface area (Å²) in [5, 5.41) is 0. The van der Waals surface area contributed by atoms with Gasteiger partial charge in [-0.25, -0.2) is 4.39 Å². The van der Waals surface area contributed by atoms with E-state index in [4.69, 9.17) is 9.47 Å². The highest BCUT2D eigenvalue weighted by Crippen LogP contribution is 2.24. The molecule has 2 aliphatic rings. The van der Waals surface area contributed by atoms with Gasteiger partial charge >= 0.3 is 0 Å². The fourth-order valence-corrected chi connectivity index (χ4v) is 1.03. The predicted molar refractivity (Wildman–Crippen MR) is 33.1 cm³/mol. The Morgan fingerprint density at radius 2 is 2.36 bits per heavy atom. The van der Waals surface area contributed by atoms with Gasteiger partial charge in [-0.1, -0.05) is 0 Å². The molecule has 1 aliphatic carbocycles. The first-order chi connectivity index (χ1) is 5.29. The maximum absolute atomic E-state index is 12.5. The van der Waals surface area contributed by atoms with E-state index in [1.807, 2.05) is 0 Å². The van der Waals surface area contributed by atoms with E-state index < -0.39 is 17.7 Å². The van der Waals surface area contributed by atoms with Gasteiger partial charge in [0.2, 0.25) is 5.78 Å². The Hall–Kier alpha value is -1.16. The lowest BCUT2D eigenvalue weighted by Crippen LogP contribution is -2.23. The van der Waals surface area contributed by atoms with E-state index in [9.17, 15) is 9.18 Å². The van der Waals surface area contributed by atoms with Crippen molar-refractivity contribution in [1.29, 1.82) is 0 Å². The summed E-state index contributed by atoms with van der Waals surface area (Å²) in [6, 6.07) is 0. The number of rotatable bonds is 0. The number of carbonyl (C=O) groups excluding carboxylic acids is 1. The van der Waals surface area contributed by atoms with E-state index in [2.05, 4.69) is 0 Å². The minimum absolute atomic E-state index is 0.0311. The van der Waals surface area contributed by atoms with Crippen LogP contribution in [0.5, 0.6) is 0 Å². The number of Topliss-reactive ketones (excluding diaryl/α,β-unsaturated/α-hetero) is 1. The number of allylic oxidation sites excluding steroid dienone is 2. The molecule has 0 amide bonds. The molecule has 0 saturated carbocycles. The van der Waals surface area contributed by atoms with Crippen LogP contribution in [0.1, 0.15) is 0 Å². The van der Waals surface area contributed by atoms with Crippen molar-refractivity contribution in [3.8, 4) is 0 Å². The first-order valence-corrected chi connectivity index (χ1v) is 3.15. The molecule has 2 rings (SSSR count). The number of carbonyl (C=O) groups is 1. The Morgan fingerprint density at radius 3 is 3.18 bits per heavy atom. The zero-order valence-corrected chi connectivity index (χ0v) is 5.54. The van der Waals surface area contributed by atoms with Crippen molar-refractivity contribution in [2.45, 2.75) is 6.10 Å². The molecular formula is C7H5FO3. The van der Waals surface area contributed by atoms with Crippen molar-refractivity contribution in [3.63, 3.8) is 0 Å². The fraction of sp³-hybridized carbons (Fsp3) is 0.286. The third-order valence-corrected chi connectivity index (χ3v) is 1.59. The molecule has 1 saturated heterocycles. The third kappa shape index (κ3) is 0.867. The molecule has 1 unspecified atom stereocenters. The lowest BCUT2D eigenvalue weighted by molar-refractivity contribution is -0.124. The molecule has 1 atom stereocenters. The van der Waals surface area contributed by atoms with Gasteiger partial charge < -0.3 is 9.47 Å². The summed E-state index contributed by atoms with van der Waals surface area (Å²) in [7, 11) is 0. The number of hydrogen-bond donors (Lipinski definition) is 0. The van der Waals surface area contributed by atoms with Crippen molar-refractivity contribution in [3.05, 3.63) is 23.7 Å². The van der Waals surface area contributed by atoms with Crippen LogP contribution in [0.3, 0.4) is 0 Å². The molecule has 0 aromatic carbocycles. The molecule has 58 valence electrons. The first-order valence-electron chi connectivity index (χ1n) is 3.15. The zero-order chi connectivity index (χ0) is 7.84. The van der Waals surface area contributed by atoms with Crippen LogP contribution in [0.2, 0.25) is 0 Å². The molecule has 1 fully saturated rings. The number of ketones is 1. The lowest BCUT2D eigenvalue weighted by Gasteiger charge is -2.08. The third-order valence-electron chi connectivity index (χ3n) is 1.59. The quantitative estimate of drug-likeness (QED) is 0.517. The van der Waals surface area contributed by atoms with Gasteiger partial charge in [-0.15, -0.1) is 0 Å². The Bertz CT molecular complexity index is 267. The van der Waals surface area contributed by atoms with Crippen molar-refractivity contribution < 1.29 is 18.7 Å². The van der Waals surface area contributed by atoms with Gasteiger partial charge in [0.15, 0.2) is 18.7 Å². The first kappa shape index (κ1) is 6.54. The maximum atomic E-state index is 12.5. The van der Waals surface area contributed by atoms with E-state index in [-0.39, 0.29) is 6.79 Å². The number of hydrogen-bond acceptors (Lipinski definition) is 3. The maximum Gasteiger partial charge on any atom is 0.227 e. The van der Waals surface area contributed by atoms with Crippen molar-refractivity contribution >= 4 is 5.78 Å². The van der Waals surface area contributed by atoms with Crippen molar-refractivity contribution in [2.75, 3.05) is 6.79 Å². The minimum atomic E-state index is -0.833. The summed E-state index contributed by atoms with van der Waals surface area (Å²) in [5.74, 6) is -1.03. The molecule has 11 heavy (non-hydrogen) atoms. The highest BCUT2D eigenvalue weighted by molar-refractivity contribution is 6.00. The Labute approximate surface area is 62.1 Å². The average molecular weight is 156 g/mol. The molecule has 0 bridgehead atoms. The average Bonchev–Trinajstić information content (AvgIpc) is 2.45. The van der Waals surface area contributed by atoms with Crippen LogP contribution >= 0.6 is 0 Å². The van der Waals surface area contributed by atoms with Gasteiger partial charge in [0.1, 0.15) is 5.76 Å². The van der Waals surface area contributed by atoms with Crippen LogP contribution < -0.4 is 0 Å². The molecular weight excluding hydrogens is 151 g/mol. The van der Waals surface area contributed by atoms with Gasteiger partial charge in [0.05, 0.1) is 0 Å². The van der Waals surface area contributed by atoms with Gasteiger partial charge in [0.25, 0.3) is 0 Å². The molecule has 0 N–H and O–H groups in total. The van der Waals surface area contributed by atoms with E-state index in [0.29, 0.717) is 5.76 Å². The van der Waals surface area contributed by atoms with Crippen LogP contribution in [-0.2, 0) is 14.3 Å². The van der Waals surface area contributed by atoms with Gasteiger partial charge in [-0.05, 0) is 12.2 Å². The SMILES string of the molecule is O=C1C(F)=CC=C2OCOC12. The predicted octanol–water partition coefficient (Wildman–Crippen LogP) is 0.679. The van der Waals surface area contributed by atoms with Crippen LogP contribution in [-0.4, -0.2) is 18.7 Å². The molecule has 0 aromatic rings. The second-order valence-corrected chi connectivity index (χ2v) is 2.26. The van der Waals surface area contributed by atoms with Crippen LogP contribution in [0.15, 0.2) is 23.7 Å². The summed E-state index contributed by atoms with van der Waals surface area (Å²) in [6.07, 6.45) is 1.66. The Kier molecular flexibility index (Phi) is 1.29. The van der Waals surface area contributed by atoms with E-state index in [0.717, 1.165) is 6.08 Å². The highest BCUT2D eigenvalue weighted by atomic mass is 19.1. The lowest BCUT2D eigenvalue weighted by atomic mass is 10.1. The molecule has 4 heteroatoms. The summed E-state index contributed by atoms with van der Waals surface area (Å²) < 4.78 is 22.2. The smallest absolute Gasteiger partial charge is 0.227 e.